The average molecular weight is 360 g/mol. The maximum Gasteiger partial charge on any atom is 0.253 e. The number of hydrogen-bond acceptors (Lipinski definition) is 3. The topological polar surface area (TPSA) is 61.4 Å². The van der Waals surface area contributed by atoms with Crippen LogP contribution >= 0.6 is 0 Å². The van der Waals surface area contributed by atoms with Gasteiger partial charge in [0.15, 0.2) is 0 Å². The molecule has 0 aromatic heterocycles. The van der Waals surface area contributed by atoms with Gasteiger partial charge in [0.05, 0.1) is 5.56 Å². The molecule has 0 radical (unpaired) electrons. The van der Waals surface area contributed by atoms with Gasteiger partial charge in [0, 0.05) is 37.3 Å². The van der Waals surface area contributed by atoms with Gasteiger partial charge in [-0.25, -0.2) is 0 Å². The minimum Gasteiger partial charge on any atom is -0.371 e. The Morgan fingerprint density at radius 3 is 2.38 bits per heavy atom. The fourth-order valence-electron chi connectivity index (χ4n) is 3.14. The number of nitrogens with one attached hydrogen (secondary N) is 2. The lowest BCUT2D eigenvalue weighted by Gasteiger charge is -2.35. The number of amides is 2. The Hall–Kier alpha value is -2.04. The highest BCUT2D eigenvalue weighted by Crippen LogP contribution is 2.24. The molecular weight excluding hydrogens is 326 g/mol. The van der Waals surface area contributed by atoms with E-state index in [-0.39, 0.29) is 23.8 Å². The smallest absolute Gasteiger partial charge is 0.253 e. The fourth-order valence-corrected chi connectivity index (χ4v) is 3.14. The van der Waals surface area contributed by atoms with E-state index in [1.54, 1.807) is 0 Å². The second kappa shape index (κ2) is 9.60. The van der Waals surface area contributed by atoms with Crippen molar-refractivity contribution in [1.82, 2.24) is 10.6 Å². The molecule has 5 nitrogen and oxygen atoms in total. The molecule has 144 valence electrons. The van der Waals surface area contributed by atoms with Gasteiger partial charge in [-0.15, -0.1) is 0 Å². The van der Waals surface area contributed by atoms with Crippen molar-refractivity contribution in [2.24, 2.45) is 11.8 Å². The van der Waals surface area contributed by atoms with E-state index in [9.17, 15) is 9.59 Å². The molecule has 2 rings (SSSR count). The van der Waals surface area contributed by atoms with Gasteiger partial charge in [-0.3, -0.25) is 9.59 Å². The quantitative estimate of drug-likeness (QED) is 0.786. The third-order valence-electron chi connectivity index (χ3n) is 4.86. The normalized spacial score (nSPS) is 15.4. The molecule has 2 amide bonds. The van der Waals surface area contributed by atoms with Crippen LogP contribution in [0.25, 0.3) is 0 Å². The molecule has 0 spiro atoms. The van der Waals surface area contributed by atoms with Crippen LogP contribution in [-0.4, -0.2) is 37.5 Å². The van der Waals surface area contributed by atoms with Crippen molar-refractivity contribution < 1.29 is 9.59 Å². The molecule has 1 aliphatic heterocycles. The molecule has 1 aromatic carbocycles. The summed E-state index contributed by atoms with van der Waals surface area (Å²) in [6.07, 6.45) is 2.79. The zero-order chi connectivity index (χ0) is 19.1. The second-order valence-electron chi connectivity index (χ2n) is 7.88. The number of nitrogens with zero attached hydrogens (tertiary/aromatic N) is 1. The number of carbonyl (C=O) groups excluding carboxylic acids is 2. The maximum atomic E-state index is 12.6. The lowest BCUT2D eigenvalue weighted by atomic mass is 10.0. The lowest BCUT2D eigenvalue weighted by molar-refractivity contribution is -0.124. The van der Waals surface area contributed by atoms with Gasteiger partial charge in [0.2, 0.25) is 5.91 Å². The maximum absolute atomic E-state index is 12.6. The number of benzene rings is 1. The first-order chi connectivity index (χ1) is 12.4. The van der Waals surface area contributed by atoms with E-state index in [1.807, 2.05) is 38.1 Å². The summed E-state index contributed by atoms with van der Waals surface area (Å²) in [6, 6.07) is 8.04. The van der Waals surface area contributed by atoms with Crippen molar-refractivity contribution in [2.45, 2.75) is 53.0 Å². The minimum absolute atomic E-state index is 0.00326. The largest absolute Gasteiger partial charge is 0.371 e. The van der Waals surface area contributed by atoms with Crippen LogP contribution in [0, 0.1) is 11.8 Å². The van der Waals surface area contributed by atoms with Gasteiger partial charge in [-0.1, -0.05) is 39.8 Å². The first-order valence-electron chi connectivity index (χ1n) is 9.81. The van der Waals surface area contributed by atoms with Crippen molar-refractivity contribution in [3.8, 4) is 0 Å². The molecule has 1 aliphatic rings. The average Bonchev–Trinajstić information content (AvgIpc) is 2.62. The van der Waals surface area contributed by atoms with E-state index in [4.69, 9.17) is 0 Å². The van der Waals surface area contributed by atoms with Crippen molar-refractivity contribution in [3.05, 3.63) is 29.8 Å². The van der Waals surface area contributed by atoms with Gasteiger partial charge in [0.1, 0.15) is 0 Å². The summed E-state index contributed by atoms with van der Waals surface area (Å²) in [7, 11) is 0. The predicted octanol–water partition coefficient (Wildman–Crippen LogP) is 3.20. The van der Waals surface area contributed by atoms with Gasteiger partial charge >= 0.3 is 0 Å². The number of carbonyl (C=O) groups is 2. The molecule has 2 N–H and O–H groups in total. The number of anilines is 1. The molecule has 0 unspecified atom stereocenters. The molecule has 0 atom stereocenters. The summed E-state index contributed by atoms with van der Waals surface area (Å²) in [6.45, 7) is 10.5. The van der Waals surface area contributed by atoms with E-state index in [2.05, 4.69) is 29.4 Å². The highest BCUT2D eigenvalue weighted by molar-refractivity contribution is 5.99. The summed E-state index contributed by atoms with van der Waals surface area (Å²) in [5.74, 6) is 0.707. The lowest BCUT2D eigenvalue weighted by Crippen LogP contribution is -2.46. The van der Waals surface area contributed by atoms with E-state index in [0.29, 0.717) is 12.5 Å². The highest BCUT2D eigenvalue weighted by Gasteiger charge is 2.24. The van der Waals surface area contributed by atoms with E-state index in [0.717, 1.165) is 43.6 Å². The Balaban J connectivity index is 1.96. The van der Waals surface area contributed by atoms with E-state index in [1.165, 1.54) is 0 Å². The van der Waals surface area contributed by atoms with E-state index < -0.39 is 0 Å². The molecule has 1 fully saturated rings. The van der Waals surface area contributed by atoms with Crippen LogP contribution in [0.2, 0.25) is 0 Å². The molecule has 26 heavy (non-hydrogen) atoms. The van der Waals surface area contributed by atoms with Crippen molar-refractivity contribution >= 4 is 17.5 Å². The van der Waals surface area contributed by atoms with Crippen LogP contribution in [0.5, 0.6) is 0 Å². The standard InChI is InChI=1S/C21H33N3O2/c1-15(2)9-12-22-21(26)18-7-5-6-8-19(18)24-13-10-17(11-14-24)23-20(25)16(3)4/h5-8,15-17H,9-14H2,1-4H3,(H,22,26)(H,23,25). The van der Waals surface area contributed by atoms with E-state index >= 15 is 0 Å². The fraction of sp³-hybridized carbons (Fsp3) is 0.619. The van der Waals surface area contributed by atoms with Gasteiger partial charge < -0.3 is 15.5 Å². The summed E-state index contributed by atoms with van der Waals surface area (Å²) in [4.78, 5) is 26.7. The Morgan fingerprint density at radius 1 is 1.12 bits per heavy atom. The van der Waals surface area contributed by atoms with Crippen LogP contribution in [0.15, 0.2) is 24.3 Å². The minimum atomic E-state index is -0.00326. The van der Waals surface area contributed by atoms with Crippen molar-refractivity contribution in [1.29, 1.82) is 0 Å². The Morgan fingerprint density at radius 2 is 1.77 bits per heavy atom. The third kappa shape index (κ3) is 5.75. The Bertz CT molecular complexity index is 605. The summed E-state index contributed by atoms with van der Waals surface area (Å²) in [5, 5.41) is 6.16. The number of piperidine rings is 1. The zero-order valence-corrected chi connectivity index (χ0v) is 16.5. The third-order valence-corrected chi connectivity index (χ3v) is 4.86. The molecule has 1 heterocycles. The first kappa shape index (κ1) is 20.3. The van der Waals surface area contributed by atoms with Crippen LogP contribution < -0.4 is 15.5 Å². The summed E-state index contributed by atoms with van der Waals surface area (Å²) in [5.41, 5.74) is 1.73. The monoisotopic (exact) mass is 359 g/mol. The molecule has 0 bridgehead atoms. The molecule has 5 heteroatoms. The Labute approximate surface area is 157 Å². The van der Waals surface area contributed by atoms with Crippen LogP contribution in [0.4, 0.5) is 5.69 Å². The van der Waals surface area contributed by atoms with Crippen molar-refractivity contribution in [2.75, 3.05) is 24.5 Å². The second-order valence-corrected chi connectivity index (χ2v) is 7.88. The van der Waals surface area contributed by atoms with Crippen LogP contribution in [-0.2, 0) is 4.79 Å². The van der Waals surface area contributed by atoms with Gasteiger partial charge in [0.25, 0.3) is 5.91 Å². The first-order valence-corrected chi connectivity index (χ1v) is 9.81. The summed E-state index contributed by atoms with van der Waals surface area (Å²) >= 11 is 0. The molecular formula is C21H33N3O2. The highest BCUT2D eigenvalue weighted by atomic mass is 16.2. The van der Waals surface area contributed by atoms with Crippen LogP contribution in [0.3, 0.4) is 0 Å². The SMILES string of the molecule is CC(C)CCNC(=O)c1ccccc1N1CCC(NC(=O)C(C)C)CC1. The zero-order valence-electron chi connectivity index (χ0n) is 16.5. The number of rotatable bonds is 7. The van der Waals surface area contributed by atoms with Crippen LogP contribution in [0.1, 0.15) is 57.3 Å². The predicted molar refractivity (Wildman–Crippen MR) is 106 cm³/mol. The molecule has 1 saturated heterocycles. The number of para-hydroxylation sites is 1. The van der Waals surface area contributed by atoms with Gasteiger partial charge in [-0.05, 0) is 37.3 Å². The van der Waals surface area contributed by atoms with Gasteiger partial charge in [-0.2, -0.15) is 0 Å². The molecule has 0 aliphatic carbocycles. The summed E-state index contributed by atoms with van der Waals surface area (Å²) < 4.78 is 0. The molecule has 1 aromatic rings. The Kier molecular flexibility index (Phi) is 7.49. The van der Waals surface area contributed by atoms with Crippen molar-refractivity contribution in [3.63, 3.8) is 0 Å². The number of hydrogen-bond donors (Lipinski definition) is 2. The molecule has 0 saturated carbocycles.